The second kappa shape index (κ2) is 9.05. The van der Waals surface area contributed by atoms with Crippen molar-refractivity contribution in [3.8, 4) is 5.75 Å². The van der Waals surface area contributed by atoms with E-state index in [1.54, 1.807) is 42.5 Å². The first kappa shape index (κ1) is 22.5. The number of nitrogens with two attached hydrogens (primary N) is 1. The molecular formula is C24H19FN2O4S2. The van der Waals surface area contributed by atoms with Crippen molar-refractivity contribution in [2.24, 2.45) is 0 Å². The molecule has 0 amide bonds. The smallest absolute Gasteiger partial charge is 0.211 e. The van der Waals surface area contributed by atoms with Crippen LogP contribution in [0.5, 0.6) is 5.75 Å². The van der Waals surface area contributed by atoms with Crippen LogP contribution in [-0.4, -0.2) is 21.3 Å². The Hall–Kier alpha value is -3.69. The Morgan fingerprint density at radius 1 is 0.970 bits per heavy atom. The van der Waals surface area contributed by atoms with Gasteiger partial charge in [-0.15, -0.1) is 11.3 Å². The van der Waals surface area contributed by atoms with E-state index in [0.717, 1.165) is 11.3 Å². The number of carbonyl (C=O) groups is 1. The average Bonchev–Trinajstić information content (AvgIpc) is 3.17. The molecule has 0 saturated heterocycles. The fourth-order valence-electron chi connectivity index (χ4n) is 3.20. The number of methoxy groups -OCH3 is 1. The maximum atomic E-state index is 13.5. The fourth-order valence-corrected chi connectivity index (χ4v) is 6.16. The molecule has 0 fully saturated rings. The van der Waals surface area contributed by atoms with Crippen molar-refractivity contribution in [3.05, 3.63) is 95.1 Å². The minimum atomic E-state index is -4.06. The van der Waals surface area contributed by atoms with E-state index in [2.05, 4.69) is 5.32 Å². The SMILES string of the molecule is COc1ccc(C(=O)c2sc(Nc3ccc(F)cc3)c(S(=O)(=O)c3ccccc3)c2N)cc1. The van der Waals surface area contributed by atoms with Crippen molar-refractivity contribution >= 4 is 43.3 Å². The zero-order chi connectivity index (χ0) is 23.6. The number of benzene rings is 3. The molecular weight excluding hydrogens is 463 g/mol. The minimum Gasteiger partial charge on any atom is -0.497 e. The molecule has 0 radical (unpaired) electrons. The normalized spacial score (nSPS) is 11.2. The zero-order valence-corrected chi connectivity index (χ0v) is 19.0. The van der Waals surface area contributed by atoms with Crippen LogP contribution >= 0.6 is 11.3 Å². The van der Waals surface area contributed by atoms with Crippen LogP contribution in [0.15, 0.2) is 88.7 Å². The number of hydrogen-bond donors (Lipinski definition) is 2. The van der Waals surface area contributed by atoms with Gasteiger partial charge in [0.15, 0.2) is 0 Å². The summed E-state index contributed by atoms with van der Waals surface area (Å²) in [6, 6.07) is 19.7. The van der Waals surface area contributed by atoms with Gasteiger partial charge in [-0.2, -0.15) is 0 Å². The predicted octanol–water partition coefficient (Wildman–Crippen LogP) is 5.29. The first-order valence-electron chi connectivity index (χ1n) is 9.75. The standard InChI is InChI=1S/C24H19FN2O4S2/c1-31-18-13-7-15(8-14-18)21(28)22-20(26)23(33(29,30)19-5-3-2-4-6-19)24(32-22)27-17-11-9-16(25)10-12-17/h2-14,27H,26H2,1H3. The summed E-state index contributed by atoms with van der Waals surface area (Å²) in [6.45, 7) is 0. The number of rotatable bonds is 7. The van der Waals surface area contributed by atoms with Gasteiger partial charge in [0.25, 0.3) is 0 Å². The third-order valence-electron chi connectivity index (χ3n) is 4.88. The van der Waals surface area contributed by atoms with Gasteiger partial charge in [0.1, 0.15) is 26.3 Å². The number of anilines is 3. The molecule has 168 valence electrons. The number of hydrogen-bond acceptors (Lipinski definition) is 7. The molecule has 1 aromatic heterocycles. The quantitative estimate of drug-likeness (QED) is 0.348. The van der Waals surface area contributed by atoms with E-state index < -0.39 is 21.4 Å². The van der Waals surface area contributed by atoms with E-state index in [-0.39, 0.29) is 25.4 Å². The van der Waals surface area contributed by atoms with Gasteiger partial charge in [-0.25, -0.2) is 12.8 Å². The van der Waals surface area contributed by atoms with Gasteiger partial charge in [0, 0.05) is 11.3 Å². The number of carbonyl (C=O) groups excluding carboxylic acids is 1. The molecule has 0 aliphatic rings. The summed E-state index contributed by atoms with van der Waals surface area (Å²) in [4.78, 5) is 13.1. The van der Waals surface area contributed by atoms with Crippen molar-refractivity contribution < 1.29 is 22.3 Å². The summed E-state index contributed by atoms with van der Waals surface area (Å²) in [7, 11) is -2.54. The summed E-state index contributed by atoms with van der Waals surface area (Å²) >= 11 is 0.930. The Balaban J connectivity index is 1.85. The monoisotopic (exact) mass is 482 g/mol. The molecule has 0 spiro atoms. The van der Waals surface area contributed by atoms with Gasteiger partial charge >= 0.3 is 0 Å². The fraction of sp³-hybridized carbons (Fsp3) is 0.0417. The summed E-state index contributed by atoms with van der Waals surface area (Å²) < 4.78 is 45.4. The van der Waals surface area contributed by atoms with Crippen molar-refractivity contribution in [3.63, 3.8) is 0 Å². The molecule has 1 heterocycles. The average molecular weight is 483 g/mol. The van der Waals surface area contributed by atoms with Crippen LogP contribution < -0.4 is 15.8 Å². The highest BCUT2D eigenvalue weighted by Crippen LogP contribution is 2.44. The molecule has 3 N–H and O–H groups in total. The Morgan fingerprint density at radius 3 is 2.21 bits per heavy atom. The second-order valence-corrected chi connectivity index (χ2v) is 9.92. The van der Waals surface area contributed by atoms with Gasteiger partial charge in [-0.3, -0.25) is 4.79 Å². The Kier molecular flexibility index (Phi) is 6.17. The zero-order valence-electron chi connectivity index (χ0n) is 17.4. The molecule has 33 heavy (non-hydrogen) atoms. The highest BCUT2D eigenvalue weighted by Gasteiger charge is 2.31. The topological polar surface area (TPSA) is 98.5 Å². The van der Waals surface area contributed by atoms with Gasteiger partial charge in [-0.1, -0.05) is 18.2 Å². The lowest BCUT2D eigenvalue weighted by atomic mass is 10.1. The lowest BCUT2D eigenvalue weighted by Crippen LogP contribution is -2.08. The maximum Gasteiger partial charge on any atom is 0.211 e. The molecule has 0 saturated carbocycles. The number of ether oxygens (including phenoxy) is 1. The number of halogens is 1. The van der Waals surface area contributed by atoms with Crippen LogP contribution in [0.1, 0.15) is 15.2 Å². The van der Waals surface area contributed by atoms with Crippen LogP contribution in [0.2, 0.25) is 0 Å². The van der Waals surface area contributed by atoms with Gasteiger partial charge < -0.3 is 15.8 Å². The molecule has 6 nitrogen and oxygen atoms in total. The highest BCUT2D eigenvalue weighted by molar-refractivity contribution is 7.92. The van der Waals surface area contributed by atoms with Crippen LogP contribution in [0, 0.1) is 5.82 Å². The lowest BCUT2D eigenvalue weighted by Gasteiger charge is -2.09. The molecule has 0 unspecified atom stereocenters. The number of nitrogens with one attached hydrogen (secondary N) is 1. The summed E-state index contributed by atoms with van der Waals surface area (Å²) in [6.07, 6.45) is 0. The molecule has 0 aliphatic heterocycles. The van der Waals surface area contributed by atoms with E-state index >= 15 is 0 Å². The molecule has 4 aromatic rings. The third-order valence-corrected chi connectivity index (χ3v) is 7.99. The van der Waals surface area contributed by atoms with Crippen LogP contribution in [0.3, 0.4) is 0 Å². The Bertz CT molecular complexity index is 1400. The summed E-state index contributed by atoms with van der Waals surface area (Å²) in [5.74, 6) is -0.271. The molecule has 0 atom stereocenters. The number of thiophene rings is 1. The Morgan fingerprint density at radius 2 is 1.61 bits per heavy atom. The number of sulfone groups is 1. The van der Waals surface area contributed by atoms with Gasteiger partial charge in [-0.05, 0) is 60.7 Å². The van der Waals surface area contributed by atoms with Crippen LogP contribution in [-0.2, 0) is 9.84 Å². The van der Waals surface area contributed by atoms with Crippen molar-refractivity contribution in [2.45, 2.75) is 9.79 Å². The first-order chi connectivity index (χ1) is 15.8. The van der Waals surface area contributed by atoms with E-state index in [1.165, 1.54) is 43.5 Å². The summed E-state index contributed by atoms with van der Waals surface area (Å²) in [5.41, 5.74) is 6.92. The molecule has 0 bridgehead atoms. The predicted molar refractivity (Wildman–Crippen MR) is 127 cm³/mol. The lowest BCUT2D eigenvalue weighted by molar-refractivity contribution is 0.104. The molecule has 9 heteroatoms. The van der Waals surface area contributed by atoms with Gasteiger partial charge in [0.05, 0.1) is 17.7 Å². The minimum absolute atomic E-state index is 0.0418. The molecule has 4 rings (SSSR count). The highest BCUT2D eigenvalue weighted by atomic mass is 32.2. The number of ketones is 1. The third kappa shape index (κ3) is 4.46. The summed E-state index contributed by atoms with van der Waals surface area (Å²) in [5, 5.41) is 3.15. The largest absolute Gasteiger partial charge is 0.497 e. The van der Waals surface area contributed by atoms with Crippen LogP contribution in [0.25, 0.3) is 0 Å². The van der Waals surface area contributed by atoms with Crippen molar-refractivity contribution in [1.82, 2.24) is 0 Å². The number of nitrogen functional groups attached to an aromatic ring is 1. The van der Waals surface area contributed by atoms with Crippen molar-refractivity contribution in [1.29, 1.82) is 0 Å². The maximum absolute atomic E-state index is 13.5. The van der Waals surface area contributed by atoms with Gasteiger partial charge in [0.2, 0.25) is 15.6 Å². The molecule has 0 aliphatic carbocycles. The molecule has 3 aromatic carbocycles. The Labute approximate surface area is 194 Å². The van der Waals surface area contributed by atoms with E-state index in [1.807, 2.05) is 0 Å². The van der Waals surface area contributed by atoms with E-state index in [0.29, 0.717) is 17.0 Å². The van der Waals surface area contributed by atoms with Crippen LogP contribution in [0.4, 0.5) is 20.8 Å². The van der Waals surface area contributed by atoms with Crippen molar-refractivity contribution in [2.75, 3.05) is 18.2 Å². The van der Waals surface area contributed by atoms with E-state index in [4.69, 9.17) is 10.5 Å². The van der Waals surface area contributed by atoms with E-state index in [9.17, 15) is 17.6 Å². The second-order valence-electron chi connectivity index (χ2n) is 7.01. The first-order valence-corrected chi connectivity index (χ1v) is 12.0.